The molecule has 0 aliphatic heterocycles. The molecule has 0 spiro atoms. The number of hydrogen-bond acceptors (Lipinski definition) is 6. The van der Waals surface area contributed by atoms with Crippen molar-refractivity contribution >= 4 is 28.7 Å². The van der Waals surface area contributed by atoms with Gasteiger partial charge in [-0.2, -0.15) is 9.78 Å². The number of fused-ring (bicyclic) bond motifs is 1. The zero-order valence-electron chi connectivity index (χ0n) is 24.3. The second kappa shape index (κ2) is 12.7. The van der Waals surface area contributed by atoms with Crippen molar-refractivity contribution < 1.29 is 18.7 Å². The van der Waals surface area contributed by atoms with Crippen molar-refractivity contribution in [1.82, 2.24) is 9.66 Å². The van der Waals surface area contributed by atoms with Crippen molar-refractivity contribution in [1.29, 1.82) is 0 Å². The molecule has 0 unspecified atom stereocenters. The first-order valence-electron chi connectivity index (χ1n) is 13.8. The molecule has 1 heterocycles. The van der Waals surface area contributed by atoms with E-state index in [9.17, 15) is 14.0 Å². The molecular formula is C34H31FN4O4. The number of anilines is 1. The largest absolute Gasteiger partial charge is 0.496 e. The van der Waals surface area contributed by atoms with Crippen LogP contribution in [-0.4, -0.2) is 35.5 Å². The molecule has 8 nitrogen and oxygen atoms in total. The van der Waals surface area contributed by atoms with Gasteiger partial charge in [-0.3, -0.25) is 9.59 Å². The van der Waals surface area contributed by atoms with E-state index in [1.807, 2.05) is 37.3 Å². The van der Waals surface area contributed by atoms with Gasteiger partial charge in [0.1, 0.15) is 17.3 Å². The lowest BCUT2D eigenvalue weighted by Gasteiger charge is -2.17. The molecule has 0 fully saturated rings. The number of nitrogens with one attached hydrogen (secondary N) is 1. The molecule has 1 aromatic heterocycles. The number of amides is 1. The Labute approximate surface area is 248 Å². The van der Waals surface area contributed by atoms with Gasteiger partial charge >= 0.3 is 0 Å². The molecule has 0 saturated heterocycles. The predicted molar refractivity (Wildman–Crippen MR) is 167 cm³/mol. The Hall–Kier alpha value is -5.31. The summed E-state index contributed by atoms with van der Waals surface area (Å²) in [5.41, 5.74) is 4.04. The molecule has 0 atom stereocenters. The highest BCUT2D eigenvalue weighted by Gasteiger charge is 2.18. The van der Waals surface area contributed by atoms with E-state index in [0.29, 0.717) is 33.7 Å². The van der Waals surface area contributed by atoms with Gasteiger partial charge in [0, 0.05) is 11.3 Å². The maximum Gasteiger partial charge on any atom is 0.282 e. The molecule has 0 radical (unpaired) electrons. The minimum Gasteiger partial charge on any atom is -0.496 e. The summed E-state index contributed by atoms with van der Waals surface area (Å²) in [5, 5.41) is 7.68. The lowest BCUT2D eigenvalue weighted by atomic mass is 9.96. The number of rotatable bonds is 9. The lowest BCUT2D eigenvalue weighted by molar-refractivity contribution is -0.118. The molecule has 218 valence electrons. The number of ether oxygens (including phenoxy) is 2. The maximum atomic E-state index is 13.7. The van der Waals surface area contributed by atoms with Crippen molar-refractivity contribution in [2.24, 2.45) is 5.10 Å². The standard InChI is InChI=1S/C34H31FN4O4/c1-21(2)28-18-29(22(3)16-31(28)42-4)33-38-30-11-6-5-10-27(30)34(41)39(33)36-19-23-8-7-9-26(17-23)43-20-32(40)37-25-14-12-24(35)13-15-25/h5-19,21H,20H2,1-4H3,(H,37,40). The summed E-state index contributed by atoms with van der Waals surface area (Å²) >= 11 is 0. The van der Waals surface area contributed by atoms with Gasteiger partial charge in [-0.1, -0.05) is 38.1 Å². The number of carbonyl (C=O) groups is 1. The fourth-order valence-corrected chi connectivity index (χ4v) is 4.66. The average molecular weight is 579 g/mol. The van der Waals surface area contributed by atoms with Crippen molar-refractivity contribution in [3.63, 3.8) is 0 Å². The summed E-state index contributed by atoms with van der Waals surface area (Å²) in [6, 6.07) is 23.6. The molecule has 43 heavy (non-hydrogen) atoms. The first kappa shape index (κ1) is 29.2. The lowest BCUT2D eigenvalue weighted by Crippen LogP contribution is -2.21. The van der Waals surface area contributed by atoms with Crippen molar-refractivity contribution in [3.05, 3.63) is 118 Å². The van der Waals surface area contributed by atoms with E-state index < -0.39 is 0 Å². The fourth-order valence-electron chi connectivity index (χ4n) is 4.66. The van der Waals surface area contributed by atoms with Crippen LogP contribution in [0.25, 0.3) is 22.3 Å². The second-order valence-corrected chi connectivity index (χ2v) is 10.3. The van der Waals surface area contributed by atoms with E-state index in [0.717, 1.165) is 22.4 Å². The summed E-state index contributed by atoms with van der Waals surface area (Å²) in [6.07, 6.45) is 1.55. The highest BCUT2D eigenvalue weighted by molar-refractivity contribution is 5.92. The highest BCUT2D eigenvalue weighted by Crippen LogP contribution is 2.34. The van der Waals surface area contributed by atoms with E-state index in [-0.39, 0.29) is 29.8 Å². The second-order valence-electron chi connectivity index (χ2n) is 10.3. The van der Waals surface area contributed by atoms with E-state index >= 15 is 0 Å². The zero-order valence-corrected chi connectivity index (χ0v) is 24.3. The summed E-state index contributed by atoms with van der Waals surface area (Å²) in [4.78, 5) is 30.9. The number of methoxy groups -OCH3 is 1. The quantitative estimate of drug-likeness (QED) is 0.200. The number of carbonyl (C=O) groups excluding carboxylic acids is 1. The Balaban J connectivity index is 1.46. The predicted octanol–water partition coefficient (Wildman–Crippen LogP) is 6.54. The minimum absolute atomic E-state index is 0.180. The number of hydrogen-bond donors (Lipinski definition) is 1. The van der Waals surface area contributed by atoms with Crippen molar-refractivity contribution in [3.8, 4) is 22.9 Å². The van der Waals surface area contributed by atoms with Crippen LogP contribution in [0.2, 0.25) is 0 Å². The number of benzene rings is 4. The van der Waals surface area contributed by atoms with Crippen LogP contribution >= 0.6 is 0 Å². The summed E-state index contributed by atoms with van der Waals surface area (Å²) in [6.45, 7) is 5.87. The number of aromatic nitrogens is 2. The van der Waals surface area contributed by atoms with E-state index in [4.69, 9.17) is 14.5 Å². The average Bonchev–Trinajstić information content (AvgIpc) is 3.00. The van der Waals surface area contributed by atoms with Crippen LogP contribution in [0, 0.1) is 12.7 Å². The molecule has 0 bridgehead atoms. The summed E-state index contributed by atoms with van der Waals surface area (Å²) in [5.74, 6) is 1.03. The van der Waals surface area contributed by atoms with Crippen LogP contribution in [0.3, 0.4) is 0 Å². The zero-order chi connectivity index (χ0) is 30.5. The van der Waals surface area contributed by atoms with Crippen LogP contribution in [0.1, 0.15) is 36.5 Å². The third-order valence-corrected chi connectivity index (χ3v) is 6.87. The molecule has 9 heteroatoms. The Morgan fingerprint density at radius 1 is 1.05 bits per heavy atom. The Morgan fingerprint density at radius 3 is 2.56 bits per heavy atom. The number of para-hydroxylation sites is 1. The van der Waals surface area contributed by atoms with Gasteiger partial charge in [0.25, 0.3) is 11.5 Å². The number of aryl methyl sites for hydroxylation is 1. The smallest absolute Gasteiger partial charge is 0.282 e. The third kappa shape index (κ3) is 6.62. The highest BCUT2D eigenvalue weighted by atomic mass is 19.1. The minimum atomic E-state index is -0.389. The van der Waals surface area contributed by atoms with Gasteiger partial charge in [0.15, 0.2) is 12.4 Å². The molecule has 1 N–H and O–H groups in total. The summed E-state index contributed by atoms with van der Waals surface area (Å²) in [7, 11) is 1.64. The normalized spacial score (nSPS) is 11.3. The molecule has 0 aliphatic rings. The Kier molecular flexibility index (Phi) is 8.61. The molecule has 0 aliphatic carbocycles. The molecule has 4 aromatic carbocycles. The Bertz CT molecular complexity index is 1880. The molecule has 5 rings (SSSR count). The first-order chi connectivity index (χ1) is 20.7. The van der Waals surface area contributed by atoms with Gasteiger partial charge in [0.2, 0.25) is 0 Å². The maximum absolute atomic E-state index is 13.7. The Morgan fingerprint density at radius 2 is 1.81 bits per heavy atom. The van der Waals surface area contributed by atoms with Gasteiger partial charge in [-0.05, 0) is 90.2 Å². The third-order valence-electron chi connectivity index (χ3n) is 6.87. The molecule has 0 saturated carbocycles. The van der Waals surface area contributed by atoms with E-state index in [1.54, 1.807) is 43.7 Å². The summed E-state index contributed by atoms with van der Waals surface area (Å²) < 4.78 is 25.7. The van der Waals surface area contributed by atoms with Crippen LogP contribution < -0.4 is 20.3 Å². The van der Waals surface area contributed by atoms with Gasteiger partial charge in [-0.15, -0.1) is 0 Å². The first-order valence-corrected chi connectivity index (χ1v) is 13.8. The topological polar surface area (TPSA) is 94.8 Å². The monoisotopic (exact) mass is 578 g/mol. The van der Waals surface area contributed by atoms with Crippen LogP contribution in [-0.2, 0) is 4.79 Å². The van der Waals surface area contributed by atoms with Gasteiger partial charge < -0.3 is 14.8 Å². The number of halogens is 1. The van der Waals surface area contributed by atoms with Crippen LogP contribution in [0.5, 0.6) is 11.5 Å². The van der Waals surface area contributed by atoms with Crippen molar-refractivity contribution in [2.75, 3.05) is 19.0 Å². The molecular weight excluding hydrogens is 547 g/mol. The van der Waals surface area contributed by atoms with Crippen LogP contribution in [0.4, 0.5) is 10.1 Å². The SMILES string of the molecule is COc1cc(C)c(-c2nc3ccccc3c(=O)n2N=Cc2cccc(OCC(=O)Nc3ccc(F)cc3)c2)cc1C(C)C. The van der Waals surface area contributed by atoms with Gasteiger partial charge in [-0.25, -0.2) is 9.37 Å². The fraction of sp³-hybridized carbons (Fsp3) is 0.176. The van der Waals surface area contributed by atoms with Crippen molar-refractivity contribution in [2.45, 2.75) is 26.7 Å². The van der Waals surface area contributed by atoms with E-state index in [1.165, 1.54) is 28.9 Å². The molecule has 1 amide bonds. The molecule has 5 aromatic rings. The number of nitrogens with zero attached hydrogens (tertiary/aromatic N) is 3. The van der Waals surface area contributed by atoms with Gasteiger partial charge in [0.05, 0.1) is 24.2 Å². The van der Waals surface area contributed by atoms with Crippen LogP contribution in [0.15, 0.2) is 94.8 Å². The van der Waals surface area contributed by atoms with E-state index in [2.05, 4.69) is 24.3 Å².